The van der Waals surface area contributed by atoms with E-state index in [0.29, 0.717) is 12.0 Å². The van der Waals surface area contributed by atoms with E-state index in [-0.39, 0.29) is 0 Å². The quantitative estimate of drug-likeness (QED) is 0.903. The van der Waals surface area contributed by atoms with E-state index in [1.807, 2.05) is 12.4 Å². The number of aromatic nitrogens is 3. The van der Waals surface area contributed by atoms with Crippen molar-refractivity contribution in [3.05, 3.63) is 5.51 Å². The van der Waals surface area contributed by atoms with Gasteiger partial charge in [-0.25, -0.2) is 4.98 Å². The van der Waals surface area contributed by atoms with E-state index in [2.05, 4.69) is 32.1 Å². The van der Waals surface area contributed by atoms with Crippen molar-refractivity contribution in [3.8, 4) is 0 Å². The summed E-state index contributed by atoms with van der Waals surface area (Å²) in [5.41, 5.74) is 2.64. The minimum Gasteiger partial charge on any atom is -0.354 e. The average molecular weight is 249 g/mol. The molecule has 0 spiro atoms. The molecule has 2 aromatic heterocycles. The molecule has 3 rings (SSSR count). The van der Waals surface area contributed by atoms with Crippen LogP contribution < -0.4 is 10.2 Å². The lowest BCUT2D eigenvalue weighted by Gasteiger charge is -2.39. The molecule has 1 fully saturated rings. The Hall–Kier alpha value is -1.43. The van der Waals surface area contributed by atoms with Crippen LogP contribution in [0.3, 0.4) is 0 Å². The van der Waals surface area contributed by atoms with Gasteiger partial charge in [0.2, 0.25) is 5.95 Å². The predicted molar refractivity (Wildman–Crippen MR) is 70.8 cm³/mol. The standard InChI is InChI=1S/C11H15N5S/c1-3-12-11-14-9-8(17-6-13-9)10(15-11)16-5-4-7(16)2/h6-7H,3-5H2,1-2H3,(H,12,14,15)/t7-/m0/s1. The van der Waals surface area contributed by atoms with Gasteiger partial charge in [-0.1, -0.05) is 0 Å². The Morgan fingerprint density at radius 1 is 1.53 bits per heavy atom. The molecule has 1 aliphatic rings. The van der Waals surface area contributed by atoms with Crippen LogP contribution in [0.1, 0.15) is 20.3 Å². The topological polar surface area (TPSA) is 53.9 Å². The lowest BCUT2D eigenvalue weighted by molar-refractivity contribution is 0.478. The van der Waals surface area contributed by atoms with Gasteiger partial charge in [0.05, 0.1) is 5.51 Å². The fourth-order valence-electron chi connectivity index (χ4n) is 2.01. The predicted octanol–water partition coefficient (Wildman–Crippen LogP) is 2.12. The molecule has 0 unspecified atom stereocenters. The molecule has 0 bridgehead atoms. The van der Waals surface area contributed by atoms with E-state index in [1.165, 1.54) is 6.42 Å². The van der Waals surface area contributed by atoms with Crippen molar-refractivity contribution in [1.29, 1.82) is 0 Å². The molecule has 0 aromatic carbocycles. The van der Waals surface area contributed by atoms with E-state index in [9.17, 15) is 0 Å². The number of nitrogens with one attached hydrogen (secondary N) is 1. The van der Waals surface area contributed by atoms with Gasteiger partial charge in [-0.3, -0.25) is 0 Å². The van der Waals surface area contributed by atoms with E-state index < -0.39 is 0 Å². The fraction of sp³-hybridized carbons (Fsp3) is 0.545. The van der Waals surface area contributed by atoms with Crippen LogP contribution >= 0.6 is 11.3 Å². The third kappa shape index (κ3) is 1.72. The Morgan fingerprint density at radius 2 is 2.41 bits per heavy atom. The zero-order valence-electron chi connectivity index (χ0n) is 9.97. The SMILES string of the molecule is CCNc1nc(N2CC[C@@H]2C)c2scnc2n1. The molecule has 1 N–H and O–H groups in total. The van der Waals surface area contributed by atoms with Crippen LogP contribution in [0.25, 0.3) is 10.3 Å². The lowest BCUT2D eigenvalue weighted by atomic mass is 10.1. The Balaban J connectivity index is 2.09. The number of fused-ring (bicyclic) bond motifs is 1. The average Bonchev–Trinajstić information content (AvgIpc) is 2.76. The molecule has 90 valence electrons. The summed E-state index contributed by atoms with van der Waals surface area (Å²) in [5.74, 6) is 1.72. The van der Waals surface area contributed by atoms with Gasteiger partial charge in [0.1, 0.15) is 4.70 Å². The molecule has 1 atom stereocenters. The first kappa shape index (κ1) is 10.7. The van der Waals surface area contributed by atoms with E-state index in [0.717, 1.165) is 29.3 Å². The molecule has 2 aromatic rings. The monoisotopic (exact) mass is 249 g/mol. The molecule has 17 heavy (non-hydrogen) atoms. The first-order valence-electron chi connectivity index (χ1n) is 5.91. The summed E-state index contributed by atoms with van der Waals surface area (Å²) >= 11 is 1.61. The zero-order valence-corrected chi connectivity index (χ0v) is 10.8. The number of hydrogen-bond donors (Lipinski definition) is 1. The first-order chi connectivity index (χ1) is 8.29. The Kier molecular flexibility index (Phi) is 2.58. The highest BCUT2D eigenvalue weighted by molar-refractivity contribution is 7.17. The molecule has 0 saturated carbocycles. The molecule has 0 aliphatic carbocycles. The van der Waals surface area contributed by atoms with Crippen molar-refractivity contribution in [2.75, 3.05) is 23.3 Å². The van der Waals surface area contributed by atoms with E-state index in [4.69, 9.17) is 0 Å². The smallest absolute Gasteiger partial charge is 0.226 e. The highest BCUT2D eigenvalue weighted by Crippen LogP contribution is 2.33. The fourth-order valence-corrected chi connectivity index (χ4v) is 2.74. The molecule has 0 amide bonds. The summed E-state index contributed by atoms with van der Waals surface area (Å²) in [4.78, 5) is 15.6. The second-order valence-corrected chi connectivity index (χ2v) is 5.09. The Bertz CT molecular complexity index is 538. The summed E-state index contributed by atoms with van der Waals surface area (Å²) in [7, 11) is 0. The van der Waals surface area contributed by atoms with Gasteiger partial charge < -0.3 is 10.2 Å². The molecule has 5 nitrogen and oxygen atoms in total. The van der Waals surface area contributed by atoms with Gasteiger partial charge in [-0.2, -0.15) is 9.97 Å². The highest BCUT2D eigenvalue weighted by Gasteiger charge is 2.27. The zero-order chi connectivity index (χ0) is 11.8. The molecular weight excluding hydrogens is 234 g/mol. The molecular formula is C11H15N5S. The number of thiazole rings is 1. The maximum absolute atomic E-state index is 4.61. The summed E-state index contributed by atoms with van der Waals surface area (Å²) in [6.07, 6.45) is 1.24. The van der Waals surface area contributed by atoms with Gasteiger partial charge in [0.15, 0.2) is 11.5 Å². The van der Waals surface area contributed by atoms with E-state index in [1.54, 1.807) is 11.3 Å². The van der Waals surface area contributed by atoms with Crippen molar-refractivity contribution in [2.24, 2.45) is 0 Å². The van der Waals surface area contributed by atoms with E-state index >= 15 is 0 Å². The maximum Gasteiger partial charge on any atom is 0.226 e. The molecule has 0 radical (unpaired) electrons. The van der Waals surface area contributed by atoms with Gasteiger partial charge in [0, 0.05) is 19.1 Å². The van der Waals surface area contributed by atoms with Crippen molar-refractivity contribution in [1.82, 2.24) is 15.0 Å². The summed E-state index contributed by atoms with van der Waals surface area (Å²) < 4.78 is 1.10. The Morgan fingerprint density at radius 3 is 3.06 bits per heavy atom. The maximum atomic E-state index is 4.61. The van der Waals surface area contributed by atoms with Crippen LogP contribution in [0.15, 0.2) is 5.51 Å². The van der Waals surface area contributed by atoms with Crippen molar-refractivity contribution in [3.63, 3.8) is 0 Å². The number of rotatable bonds is 3. The minimum atomic E-state index is 0.574. The van der Waals surface area contributed by atoms with Crippen LogP contribution in [-0.4, -0.2) is 34.1 Å². The van der Waals surface area contributed by atoms with Crippen LogP contribution in [0.2, 0.25) is 0 Å². The molecule has 3 heterocycles. The second kappa shape index (κ2) is 4.10. The van der Waals surface area contributed by atoms with Crippen LogP contribution in [-0.2, 0) is 0 Å². The minimum absolute atomic E-state index is 0.574. The lowest BCUT2D eigenvalue weighted by Crippen LogP contribution is -2.46. The number of anilines is 2. The Labute approximate surface area is 104 Å². The number of nitrogens with zero attached hydrogens (tertiary/aromatic N) is 4. The van der Waals surface area contributed by atoms with Gasteiger partial charge in [-0.05, 0) is 20.3 Å². The third-order valence-corrected chi connectivity index (χ3v) is 3.91. The largest absolute Gasteiger partial charge is 0.354 e. The van der Waals surface area contributed by atoms with Crippen molar-refractivity contribution >= 4 is 33.5 Å². The van der Waals surface area contributed by atoms with Crippen molar-refractivity contribution in [2.45, 2.75) is 26.3 Å². The molecule has 6 heteroatoms. The van der Waals surface area contributed by atoms with Gasteiger partial charge >= 0.3 is 0 Å². The number of hydrogen-bond acceptors (Lipinski definition) is 6. The summed E-state index contributed by atoms with van der Waals surface area (Å²) in [5, 5.41) is 3.16. The second-order valence-electron chi connectivity index (χ2n) is 4.24. The summed E-state index contributed by atoms with van der Waals surface area (Å²) in [6, 6.07) is 0.574. The summed E-state index contributed by atoms with van der Waals surface area (Å²) in [6.45, 7) is 6.17. The molecule has 1 saturated heterocycles. The van der Waals surface area contributed by atoms with Crippen LogP contribution in [0.4, 0.5) is 11.8 Å². The van der Waals surface area contributed by atoms with Gasteiger partial charge in [-0.15, -0.1) is 11.3 Å². The third-order valence-electron chi connectivity index (χ3n) is 3.10. The van der Waals surface area contributed by atoms with Crippen LogP contribution in [0.5, 0.6) is 0 Å². The first-order valence-corrected chi connectivity index (χ1v) is 6.79. The van der Waals surface area contributed by atoms with Gasteiger partial charge in [0.25, 0.3) is 0 Å². The van der Waals surface area contributed by atoms with Crippen molar-refractivity contribution < 1.29 is 0 Å². The normalized spacial score (nSPS) is 19.4. The molecule has 1 aliphatic heterocycles. The van der Waals surface area contributed by atoms with Crippen LogP contribution in [0, 0.1) is 0 Å². The highest BCUT2D eigenvalue weighted by atomic mass is 32.1.